The number of ketones is 1. The van der Waals surface area contributed by atoms with E-state index in [0.29, 0.717) is 16.9 Å². The van der Waals surface area contributed by atoms with Gasteiger partial charge in [0.25, 0.3) is 0 Å². The Morgan fingerprint density at radius 3 is 1.95 bits per heavy atom. The van der Waals surface area contributed by atoms with Crippen molar-refractivity contribution in [2.24, 2.45) is 0 Å². The van der Waals surface area contributed by atoms with Crippen molar-refractivity contribution in [2.75, 3.05) is 0 Å². The molecule has 0 radical (unpaired) electrons. The van der Waals surface area contributed by atoms with Gasteiger partial charge in [-0.15, -0.1) is 0 Å². The molecule has 3 heteroatoms. The van der Waals surface area contributed by atoms with Crippen molar-refractivity contribution < 1.29 is 14.3 Å². The lowest BCUT2D eigenvalue weighted by atomic mass is 10.1. The maximum atomic E-state index is 12.0. The van der Waals surface area contributed by atoms with Crippen molar-refractivity contribution in [1.29, 1.82) is 0 Å². The zero-order valence-corrected chi connectivity index (χ0v) is 11.4. The third kappa shape index (κ3) is 3.54. The quantitative estimate of drug-likeness (QED) is 0.360. The summed E-state index contributed by atoms with van der Waals surface area (Å²) >= 11 is 0. The molecule has 0 fully saturated rings. The first-order chi connectivity index (χ1) is 10.1. The maximum absolute atomic E-state index is 12.0. The van der Waals surface area contributed by atoms with Crippen LogP contribution in [-0.4, -0.2) is 11.8 Å². The molecule has 2 aromatic rings. The van der Waals surface area contributed by atoms with Crippen molar-refractivity contribution >= 4 is 17.8 Å². The molecule has 0 aliphatic carbocycles. The highest BCUT2D eigenvalue weighted by atomic mass is 16.5. The highest BCUT2D eigenvalue weighted by molar-refractivity contribution is 6.04. The molecule has 0 aliphatic rings. The molecule has 2 rings (SSSR count). The number of esters is 1. The average Bonchev–Trinajstić information content (AvgIpc) is 2.55. The fraction of sp³-hybridized carbons (Fsp3) is 0. The summed E-state index contributed by atoms with van der Waals surface area (Å²) in [5.74, 6) is -0.241. The minimum absolute atomic E-state index is 0.173. The Morgan fingerprint density at radius 2 is 1.43 bits per heavy atom. The van der Waals surface area contributed by atoms with E-state index in [0.717, 1.165) is 5.56 Å². The van der Waals surface area contributed by atoms with Gasteiger partial charge in [-0.1, -0.05) is 31.4 Å². The minimum Gasteiger partial charge on any atom is -0.423 e. The second-order valence-electron chi connectivity index (χ2n) is 4.31. The molecule has 0 aromatic heterocycles. The Kier molecular flexibility index (Phi) is 4.46. The Hall–Kier alpha value is -2.94. The molecular formula is C18H14O3. The Bertz CT molecular complexity index is 679. The van der Waals surface area contributed by atoms with Crippen LogP contribution in [0.2, 0.25) is 0 Å². The highest BCUT2D eigenvalue weighted by Crippen LogP contribution is 2.15. The third-order valence-corrected chi connectivity index (χ3v) is 2.92. The molecule has 0 bridgehead atoms. The molecule has 0 saturated heterocycles. The summed E-state index contributed by atoms with van der Waals surface area (Å²) in [5.41, 5.74) is 1.88. The van der Waals surface area contributed by atoms with Gasteiger partial charge in [-0.25, -0.2) is 4.79 Å². The maximum Gasteiger partial charge on any atom is 0.343 e. The number of ether oxygens (including phenoxy) is 1. The van der Waals surface area contributed by atoms with Gasteiger partial charge in [-0.05, 0) is 48.0 Å². The lowest BCUT2D eigenvalue weighted by Gasteiger charge is -2.05. The molecule has 0 atom stereocenters. The van der Waals surface area contributed by atoms with Crippen LogP contribution in [0.4, 0.5) is 0 Å². The molecular weight excluding hydrogens is 264 g/mol. The zero-order valence-electron chi connectivity index (χ0n) is 11.4. The van der Waals surface area contributed by atoms with Gasteiger partial charge >= 0.3 is 5.97 Å². The molecule has 2 aromatic carbocycles. The molecule has 0 aliphatic heterocycles. The van der Waals surface area contributed by atoms with Crippen LogP contribution in [0.3, 0.4) is 0 Å². The molecule has 0 N–H and O–H groups in total. The fourth-order valence-corrected chi connectivity index (χ4v) is 1.73. The van der Waals surface area contributed by atoms with Crippen LogP contribution >= 0.6 is 0 Å². The van der Waals surface area contributed by atoms with Gasteiger partial charge in [0.05, 0.1) is 5.56 Å². The van der Waals surface area contributed by atoms with Crippen LogP contribution in [0.1, 0.15) is 26.3 Å². The highest BCUT2D eigenvalue weighted by Gasteiger charge is 2.09. The molecule has 0 unspecified atom stereocenters. The van der Waals surface area contributed by atoms with E-state index in [2.05, 4.69) is 13.2 Å². The van der Waals surface area contributed by atoms with E-state index in [-0.39, 0.29) is 5.78 Å². The number of carbonyl (C=O) groups is 2. The van der Waals surface area contributed by atoms with Crippen molar-refractivity contribution in [3.05, 3.63) is 84.5 Å². The van der Waals surface area contributed by atoms with Crippen molar-refractivity contribution in [3.8, 4) is 5.75 Å². The van der Waals surface area contributed by atoms with Gasteiger partial charge in [0.2, 0.25) is 0 Å². The van der Waals surface area contributed by atoms with Crippen LogP contribution in [0.5, 0.6) is 5.75 Å². The first-order valence-corrected chi connectivity index (χ1v) is 6.35. The minimum atomic E-state index is -0.451. The summed E-state index contributed by atoms with van der Waals surface area (Å²) in [6.07, 6.45) is 2.94. The van der Waals surface area contributed by atoms with E-state index in [1.807, 2.05) is 0 Å². The number of benzene rings is 2. The first kappa shape index (κ1) is 14.5. The van der Waals surface area contributed by atoms with Gasteiger partial charge in [0.1, 0.15) is 5.75 Å². The van der Waals surface area contributed by atoms with Crippen LogP contribution in [-0.2, 0) is 0 Å². The third-order valence-electron chi connectivity index (χ3n) is 2.92. The predicted octanol–water partition coefficient (Wildman–Crippen LogP) is 3.92. The van der Waals surface area contributed by atoms with E-state index in [1.165, 1.54) is 6.08 Å². The number of hydrogen-bond acceptors (Lipinski definition) is 3. The van der Waals surface area contributed by atoms with Crippen LogP contribution in [0.15, 0.2) is 67.8 Å². The lowest BCUT2D eigenvalue weighted by Crippen LogP contribution is -2.08. The Morgan fingerprint density at radius 1 is 0.857 bits per heavy atom. The zero-order chi connectivity index (χ0) is 15.2. The monoisotopic (exact) mass is 278 g/mol. The van der Waals surface area contributed by atoms with Gasteiger partial charge in [0.15, 0.2) is 5.78 Å². The molecule has 21 heavy (non-hydrogen) atoms. The van der Waals surface area contributed by atoms with E-state index in [1.54, 1.807) is 54.6 Å². The van der Waals surface area contributed by atoms with Gasteiger partial charge < -0.3 is 4.74 Å². The molecule has 0 spiro atoms. The number of carbonyl (C=O) groups excluding carboxylic acids is 2. The largest absolute Gasteiger partial charge is 0.423 e. The van der Waals surface area contributed by atoms with E-state index in [4.69, 9.17) is 4.74 Å². The molecule has 3 nitrogen and oxygen atoms in total. The summed E-state index contributed by atoms with van der Waals surface area (Å²) in [6.45, 7) is 7.07. The normalized spacial score (nSPS) is 9.71. The smallest absolute Gasteiger partial charge is 0.343 e. The number of rotatable bonds is 5. The van der Waals surface area contributed by atoms with Crippen molar-refractivity contribution in [2.45, 2.75) is 0 Å². The average molecular weight is 278 g/mol. The van der Waals surface area contributed by atoms with Gasteiger partial charge in [-0.3, -0.25) is 4.79 Å². The fourth-order valence-electron chi connectivity index (χ4n) is 1.73. The Labute approximate surface area is 123 Å². The molecule has 0 amide bonds. The second-order valence-corrected chi connectivity index (χ2v) is 4.31. The number of hydrogen-bond donors (Lipinski definition) is 0. The SMILES string of the molecule is C=CC(=O)c1ccc(OC(=O)c2ccc(C=C)cc2)cc1. The summed E-state index contributed by atoms with van der Waals surface area (Å²) in [7, 11) is 0. The summed E-state index contributed by atoms with van der Waals surface area (Å²) in [4.78, 5) is 23.4. The van der Waals surface area contributed by atoms with E-state index >= 15 is 0 Å². The molecule has 0 saturated carbocycles. The van der Waals surface area contributed by atoms with Gasteiger partial charge in [0, 0.05) is 5.56 Å². The van der Waals surface area contributed by atoms with Crippen LogP contribution < -0.4 is 4.74 Å². The standard InChI is InChI=1S/C18H14O3/c1-3-13-5-7-15(8-6-13)18(20)21-16-11-9-14(10-12-16)17(19)4-2/h3-12H,1-2H2. The van der Waals surface area contributed by atoms with E-state index in [9.17, 15) is 9.59 Å². The summed E-state index contributed by atoms with van der Waals surface area (Å²) < 4.78 is 5.24. The summed E-state index contributed by atoms with van der Waals surface area (Å²) in [6, 6.07) is 13.3. The van der Waals surface area contributed by atoms with Crippen LogP contribution in [0.25, 0.3) is 6.08 Å². The van der Waals surface area contributed by atoms with Crippen LogP contribution in [0, 0.1) is 0 Å². The topological polar surface area (TPSA) is 43.4 Å². The Balaban J connectivity index is 2.09. The van der Waals surface area contributed by atoms with E-state index < -0.39 is 5.97 Å². The first-order valence-electron chi connectivity index (χ1n) is 6.35. The lowest BCUT2D eigenvalue weighted by molar-refractivity contribution is 0.0734. The molecule has 0 heterocycles. The second kappa shape index (κ2) is 6.48. The van der Waals surface area contributed by atoms with Crippen molar-refractivity contribution in [3.63, 3.8) is 0 Å². The van der Waals surface area contributed by atoms with Gasteiger partial charge in [-0.2, -0.15) is 0 Å². The predicted molar refractivity (Wildman–Crippen MR) is 82.5 cm³/mol. The van der Waals surface area contributed by atoms with Crippen molar-refractivity contribution in [1.82, 2.24) is 0 Å². The molecule has 104 valence electrons. The number of allylic oxidation sites excluding steroid dienone is 1. The summed E-state index contributed by atoms with van der Waals surface area (Å²) in [5, 5.41) is 0.